The van der Waals surface area contributed by atoms with Gasteiger partial charge in [0.15, 0.2) is 0 Å². The lowest BCUT2D eigenvalue weighted by Gasteiger charge is -2.14. The van der Waals surface area contributed by atoms with Crippen molar-refractivity contribution in [2.75, 3.05) is 0 Å². The number of aromatic nitrogens is 2. The maximum absolute atomic E-state index is 6.66. The lowest BCUT2D eigenvalue weighted by atomic mass is 9.94. The molecule has 0 spiro atoms. The van der Waals surface area contributed by atoms with E-state index in [-0.39, 0.29) is 0 Å². The van der Waals surface area contributed by atoms with Gasteiger partial charge in [-0.2, -0.15) is 0 Å². The van der Waals surface area contributed by atoms with Crippen LogP contribution >= 0.6 is 22.7 Å². The van der Waals surface area contributed by atoms with E-state index in [1.165, 1.54) is 127 Å². The fourth-order valence-electron chi connectivity index (χ4n) is 12.6. The molecule has 0 bridgehead atoms. The van der Waals surface area contributed by atoms with E-state index in [1.54, 1.807) is 0 Å². The Hall–Kier alpha value is -8.68. The van der Waals surface area contributed by atoms with Gasteiger partial charge in [0.05, 0.1) is 22.1 Å². The first-order valence-electron chi connectivity index (χ1n) is 23.8. The van der Waals surface area contributed by atoms with Crippen LogP contribution in [0.5, 0.6) is 0 Å². The van der Waals surface area contributed by atoms with E-state index in [0.29, 0.717) is 0 Å². The SMILES string of the molecule is c1ccc2c(c1)cn1c2c2cc3c(cc2c2cc(-c4ccc5c(c4)cn4c5c5cc6oc7ccccc7c6cc5c5ccc6sc7ccccc7c6c54)c4sc5ccccc5c4c21)oc1ccccc13. The highest BCUT2D eigenvalue weighted by Gasteiger charge is 2.24. The molecule has 0 radical (unpaired) electrons. The van der Waals surface area contributed by atoms with Gasteiger partial charge in [0.2, 0.25) is 0 Å². The second-order valence-corrected chi connectivity index (χ2v) is 21.3. The fraction of sp³-hybridized carbons (Fsp3) is 0. The van der Waals surface area contributed by atoms with Crippen molar-refractivity contribution in [3.63, 3.8) is 0 Å². The molecule has 0 saturated carbocycles. The third kappa shape index (κ3) is 4.48. The van der Waals surface area contributed by atoms with Crippen LogP contribution in [0.1, 0.15) is 0 Å². The summed E-state index contributed by atoms with van der Waals surface area (Å²) < 4.78 is 23.4. The summed E-state index contributed by atoms with van der Waals surface area (Å²) in [6, 6.07) is 67.2. The van der Waals surface area contributed by atoms with Crippen LogP contribution in [0.4, 0.5) is 0 Å². The van der Waals surface area contributed by atoms with Crippen molar-refractivity contribution in [1.82, 2.24) is 8.80 Å². The number of rotatable bonds is 1. The molecule has 8 aromatic heterocycles. The number of para-hydroxylation sites is 2. The first-order chi connectivity index (χ1) is 34.7. The lowest BCUT2D eigenvalue weighted by Crippen LogP contribution is -1.92. The molecule has 8 heterocycles. The molecule has 0 saturated heterocycles. The zero-order valence-electron chi connectivity index (χ0n) is 37.0. The van der Waals surface area contributed by atoms with Crippen LogP contribution in [0.25, 0.3) is 171 Å². The van der Waals surface area contributed by atoms with Crippen molar-refractivity contribution < 1.29 is 8.83 Å². The summed E-state index contributed by atoms with van der Waals surface area (Å²) >= 11 is 3.77. The second kappa shape index (κ2) is 12.7. The van der Waals surface area contributed by atoms with Gasteiger partial charge in [-0.05, 0) is 83.1 Å². The molecule has 10 aromatic carbocycles. The van der Waals surface area contributed by atoms with Crippen molar-refractivity contribution in [1.29, 1.82) is 0 Å². The van der Waals surface area contributed by atoms with Gasteiger partial charge in [0.25, 0.3) is 0 Å². The zero-order chi connectivity index (χ0) is 45.1. The summed E-state index contributed by atoms with van der Waals surface area (Å²) in [6.07, 6.45) is 4.76. The minimum atomic E-state index is 0.904. The molecule has 0 fully saturated rings. The minimum absolute atomic E-state index is 0.904. The van der Waals surface area contributed by atoms with E-state index in [9.17, 15) is 0 Å². The highest BCUT2D eigenvalue weighted by atomic mass is 32.1. The fourth-order valence-corrected chi connectivity index (χ4v) is 15.0. The van der Waals surface area contributed by atoms with Crippen molar-refractivity contribution in [3.05, 3.63) is 194 Å². The van der Waals surface area contributed by atoms with E-state index < -0.39 is 0 Å². The van der Waals surface area contributed by atoms with Crippen LogP contribution in [0.15, 0.2) is 203 Å². The summed E-state index contributed by atoms with van der Waals surface area (Å²) in [4.78, 5) is 0. The first kappa shape index (κ1) is 36.4. The quantitative estimate of drug-likeness (QED) is 0.154. The number of benzene rings is 10. The van der Waals surface area contributed by atoms with Crippen LogP contribution < -0.4 is 0 Å². The zero-order valence-corrected chi connectivity index (χ0v) is 38.6. The number of hydrogen-bond acceptors (Lipinski definition) is 4. The Morgan fingerprint density at radius 1 is 0.300 bits per heavy atom. The summed E-state index contributed by atoms with van der Waals surface area (Å²) in [5.41, 5.74) is 10.9. The molecule has 0 amide bonds. The molecule has 0 N–H and O–H groups in total. The molecule has 0 aliphatic rings. The van der Waals surface area contributed by atoms with Gasteiger partial charge in [0, 0.05) is 123 Å². The van der Waals surface area contributed by atoms with E-state index in [0.717, 1.165) is 43.9 Å². The van der Waals surface area contributed by atoms with Gasteiger partial charge >= 0.3 is 0 Å². The monoisotopic (exact) mass is 924 g/mol. The maximum Gasteiger partial charge on any atom is 0.136 e. The maximum atomic E-state index is 6.66. The number of pyridine rings is 2. The molecule has 0 unspecified atom stereocenters. The molecule has 322 valence electrons. The van der Waals surface area contributed by atoms with E-state index in [2.05, 4.69) is 203 Å². The van der Waals surface area contributed by atoms with Gasteiger partial charge in [-0.15, -0.1) is 22.7 Å². The van der Waals surface area contributed by atoms with Crippen molar-refractivity contribution >= 4 is 183 Å². The van der Waals surface area contributed by atoms with Crippen LogP contribution in [0, 0.1) is 0 Å². The van der Waals surface area contributed by atoms with Crippen LogP contribution in [0.3, 0.4) is 0 Å². The van der Waals surface area contributed by atoms with Crippen molar-refractivity contribution in [2.45, 2.75) is 0 Å². The topological polar surface area (TPSA) is 35.1 Å². The summed E-state index contributed by atoms with van der Waals surface area (Å²) in [5.74, 6) is 0. The molecule has 70 heavy (non-hydrogen) atoms. The molecular formula is C64H32N2O2S2. The Labute approximate surface area is 403 Å². The Bertz CT molecular complexity index is 5440. The molecule has 4 nitrogen and oxygen atoms in total. The van der Waals surface area contributed by atoms with Crippen LogP contribution in [-0.2, 0) is 0 Å². The third-order valence-electron chi connectivity index (χ3n) is 15.6. The van der Waals surface area contributed by atoms with Crippen LogP contribution in [-0.4, -0.2) is 8.80 Å². The Morgan fingerprint density at radius 2 is 0.829 bits per heavy atom. The van der Waals surface area contributed by atoms with E-state index >= 15 is 0 Å². The van der Waals surface area contributed by atoms with Gasteiger partial charge in [-0.25, -0.2) is 0 Å². The third-order valence-corrected chi connectivity index (χ3v) is 17.9. The number of furan rings is 2. The minimum Gasteiger partial charge on any atom is -0.456 e. The Kier molecular flexibility index (Phi) is 6.59. The van der Waals surface area contributed by atoms with Gasteiger partial charge < -0.3 is 17.6 Å². The number of nitrogens with zero attached hydrogens (tertiary/aromatic N) is 2. The first-order valence-corrected chi connectivity index (χ1v) is 25.4. The molecule has 0 aliphatic heterocycles. The predicted octanol–water partition coefficient (Wildman–Crippen LogP) is 19.3. The summed E-state index contributed by atoms with van der Waals surface area (Å²) in [5, 5.41) is 21.9. The van der Waals surface area contributed by atoms with Gasteiger partial charge in [-0.1, -0.05) is 115 Å². The molecule has 0 aliphatic carbocycles. The molecule has 6 heteroatoms. The standard InChI is InChI=1S/C64H32N2O2S2/c1-2-12-36-34(11-1)31-65-60(36)48-28-47-39-14-4-8-18-52(39)67-53(47)29-45(48)49-26-43(64-59(63(49)65)42-16-6-10-20-56(42)70-64)33-21-22-37-35(25-33)32-66-61(37)50-30-54-46(38-13-3-7-17-51(38)68-54)27-44(50)40-23-24-57-58(62(40)66)41-15-5-9-19-55(41)69-57/h1-32H. The highest BCUT2D eigenvalue weighted by Crippen LogP contribution is 2.50. The summed E-state index contributed by atoms with van der Waals surface area (Å²) in [7, 11) is 0. The predicted molar refractivity (Wildman–Crippen MR) is 299 cm³/mol. The molecule has 18 rings (SSSR count). The molecule has 0 atom stereocenters. The number of thiophene rings is 2. The smallest absolute Gasteiger partial charge is 0.136 e. The van der Waals surface area contributed by atoms with Crippen LogP contribution in [0.2, 0.25) is 0 Å². The summed E-state index contributed by atoms with van der Waals surface area (Å²) in [6.45, 7) is 0. The molecular weight excluding hydrogens is 893 g/mol. The Balaban J connectivity index is 0.997. The number of hydrogen-bond donors (Lipinski definition) is 0. The highest BCUT2D eigenvalue weighted by molar-refractivity contribution is 7.26. The number of fused-ring (bicyclic) bond motifs is 30. The largest absolute Gasteiger partial charge is 0.456 e. The second-order valence-electron chi connectivity index (χ2n) is 19.1. The van der Waals surface area contributed by atoms with E-state index in [1.807, 2.05) is 22.7 Å². The average molecular weight is 925 g/mol. The normalized spacial score (nSPS) is 12.9. The van der Waals surface area contributed by atoms with E-state index in [4.69, 9.17) is 8.83 Å². The lowest BCUT2D eigenvalue weighted by molar-refractivity contribution is 0.669. The molecule has 18 aromatic rings. The van der Waals surface area contributed by atoms with Crippen molar-refractivity contribution in [3.8, 4) is 11.1 Å². The Morgan fingerprint density at radius 3 is 1.59 bits per heavy atom. The van der Waals surface area contributed by atoms with Gasteiger partial charge in [-0.3, -0.25) is 0 Å². The average Bonchev–Trinajstić information content (AvgIpc) is 4.26. The van der Waals surface area contributed by atoms with Gasteiger partial charge in [0.1, 0.15) is 22.3 Å². The van der Waals surface area contributed by atoms with Crippen molar-refractivity contribution in [2.24, 2.45) is 0 Å².